The van der Waals surface area contributed by atoms with Gasteiger partial charge in [0, 0.05) is 12.0 Å². The zero-order valence-electron chi connectivity index (χ0n) is 12.3. The second kappa shape index (κ2) is 5.98. The van der Waals surface area contributed by atoms with Crippen molar-refractivity contribution in [2.75, 3.05) is 13.7 Å². The lowest BCUT2D eigenvalue weighted by Gasteiger charge is -2.25. The Hall–Kier alpha value is -1.32. The zero-order chi connectivity index (χ0) is 13.9. The second-order valence-electron chi connectivity index (χ2n) is 5.76. The van der Waals surface area contributed by atoms with E-state index in [1.165, 1.54) is 23.8 Å². The van der Waals surface area contributed by atoms with E-state index >= 15 is 0 Å². The van der Waals surface area contributed by atoms with Gasteiger partial charge in [0.05, 0.1) is 12.1 Å². The van der Waals surface area contributed by atoms with Crippen LogP contribution in [0.2, 0.25) is 0 Å². The molecule has 1 aromatic heterocycles. The van der Waals surface area contributed by atoms with Crippen LogP contribution in [0.15, 0.2) is 28.7 Å². The molecule has 1 aliphatic rings. The van der Waals surface area contributed by atoms with E-state index in [0.29, 0.717) is 6.10 Å². The number of fused-ring (bicyclic) bond motifs is 1. The van der Waals surface area contributed by atoms with Gasteiger partial charge >= 0.3 is 0 Å². The molecule has 1 aliphatic heterocycles. The van der Waals surface area contributed by atoms with Gasteiger partial charge in [-0.3, -0.25) is 0 Å². The molecule has 3 rings (SSSR count). The predicted molar refractivity (Wildman–Crippen MR) is 81.0 cm³/mol. The lowest BCUT2D eigenvalue weighted by molar-refractivity contribution is 0.00430. The largest absolute Gasteiger partial charge is 0.459 e. The van der Waals surface area contributed by atoms with Gasteiger partial charge in [-0.1, -0.05) is 11.6 Å². The van der Waals surface area contributed by atoms with Crippen molar-refractivity contribution in [1.29, 1.82) is 0 Å². The molecule has 0 amide bonds. The maximum Gasteiger partial charge on any atom is 0.134 e. The van der Waals surface area contributed by atoms with Crippen molar-refractivity contribution < 1.29 is 9.15 Å². The Labute approximate surface area is 120 Å². The molecule has 0 spiro atoms. The fourth-order valence-electron chi connectivity index (χ4n) is 2.99. The minimum atomic E-state index is 0.228. The highest BCUT2D eigenvalue weighted by Gasteiger charge is 2.22. The molecule has 108 valence electrons. The minimum absolute atomic E-state index is 0.228. The first-order valence-electron chi connectivity index (χ1n) is 7.55. The van der Waals surface area contributed by atoms with E-state index in [9.17, 15) is 0 Å². The van der Waals surface area contributed by atoms with Crippen molar-refractivity contribution in [1.82, 2.24) is 5.32 Å². The third-order valence-electron chi connectivity index (χ3n) is 4.16. The number of benzene rings is 1. The highest BCUT2D eigenvalue weighted by atomic mass is 16.5. The van der Waals surface area contributed by atoms with Gasteiger partial charge in [0.25, 0.3) is 0 Å². The number of hydrogen-bond acceptors (Lipinski definition) is 3. The van der Waals surface area contributed by atoms with E-state index in [1.54, 1.807) is 0 Å². The Balaban J connectivity index is 1.79. The molecular formula is C17H23NO2. The van der Waals surface area contributed by atoms with Gasteiger partial charge in [-0.05, 0) is 57.9 Å². The van der Waals surface area contributed by atoms with Gasteiger partial charge in [-0.25, -0.2) is 0 Å². The number of aryl methyl sites for hydroxylation is 1. The first-order chi connectivity index (χ1) is 9.76. The molecule has 2 aromatic rings. The standard InChI is InChI=1S/C17H23NO2/c1-12-6-7-16-13(9-12)10-17(20-16)15(18-2)11-14-5-3-4-8-19-14/h6-7,9-10,14-15,18H,3-5,8,11H2,1-2H3. The van der Waals surface area contributed by atoms with E-state index in [1.807, 2.05) is 7.05 Å². The van der Waals surface area contributed by atoms with E-state index < -0.39 is 0 Å². The molecule has 2 unspecified atom stereocenters. The summed E-state index contributed by atoms with van der Waals surface area (Å²) < 4.78 is 11.8. The Bertz CT molecular complexity index is 569. The summed E-state index contributed by atoms with van der Waals surface area (Å²) in [5, 5.41) is 4.55. The molecule has 3 nitrogen and oxygen atoms in total. The number of hydrogen-bond donors (Lipinski definition) is 1. The maximum absolute atomic E-state index is 6.00. The number of furan rings is 1. The van der Waals surface area contributed by atoms with Crippen molar-refractivity contribution in [2.45, 2.75) is 44.8 Å². The lowest BCUT2D eigenvalue weighted by atomic mass is 10.0. The monoisotopic (exact) mass is 273 g/mol. The molecule has 1 fully saturated rings. The van der Waals surface area contributed by atoms with Crippen LogP contribution in [0, 0.1) is 6.92 Å². The van der Waals surface area contributed by atoms with E-state index in [2.05, 4.69) is 36.5 Å². The number of nitrogens with one attached hydrogen (secondary N) is 1. The molecule has 1 saturated heterocycles. The summed E-state index contributed by atoms with van der Waals surface area (Å²) in [4.78, 5) is 0. The molecule has 1 aromatic carbocycles. The Morgan fingerprint density at radius 2 is 2.20 bits per heavy atom. The Morgan fingerprint density at radius 1 is 1.30 bits per heavy atom. The Morgan fingerprint density at radius 3 is 2.95 bits per heavy atom. The van der Waals surface area contributed by atoms with Gasteiger partial charge in [0.1, 0.15) is 11.3 Å². The summed E-state index contributed by atoms with van der Waals surface area (Å²) in [5.74, 6) is 1.02. The topological polar surface area (TPSA) is 34.4 Å². The van der Waals surface area contributed by atoms with Crippen molar-refractivity contribution >= 4 is 11.0 Å². The molecule has 0 radical (unpaired) electrons. The van der Waals surface area contributed by atoms with Crippen LogP contribution in [-0.4, -0.2) is 19.8 Å². The van der Waals surface area contributed by atoms with Crippen LogP contribution in [-0.2, 0) is 4.74 Å². The third kappa shape index (κ3) is 2.89. The average molecular weight is 273 g/mol. The number of rotatable bonds is 4. The van der Waals surface area contributed by atoms with Gasteiger partial charge in [-0.15, -0.1) is 0 Å². The van der Waals surface area contributed by atoms with Crippen molar-refractivity contribution in [3.63, 3.8) is 0 Å². The van der Waals surface area contributed by atoms with Gasteiger partial charge in [-0.2, -0.15) is 0 Å². The van der Waals surface area contributed by atoms with Crippen LogP contribution in [0.1, 0.15) is 43.0 Å². The highest BCUT2D eigenvalue weighted by molar-refractivity contribution is 5.78. The zero-order valence-corrected chi connectivity index (χ0v) is 12.3. The molecule has 2 atom stereocenters. The lowest BCUT2D eigenvalue weighted by Crippen LogP contribution is -2.26. The van der Waals surface area contributed by atoms with Crippen LogP contribution in [0.3, 0.4) is 0 Å². The SMILES string of the molecule is CNC(CC1CCCCO1)c1cc2cc(C)ccc2o1. The van der Waals surface area contributed by atoms with Gasteiger partial charge in [0.2, 0.25) is 0 Å². The van der Waals surface area contributed by atoms with Gasteiger partial charge < -0.3 is 14.5 Å². The van der Waals surface area contributed by atoms with Crippen LogP contribution in [0.25, 0.3) is 11.0 Å². The predicted octanol–water partition coefficient (Wildman–Crippen LogP) is 3.96. The quantitative estimate of drug-likeness (QED) is 0.915. The van der Waals surface area contributed by atoms with Crippen LogP contribution < -0.4 is 5.32 Å². The summed E-state index contributed by atoms with van der Waals surface area (Å²) in [7, 11) is 1.99. The maximum atomic E-state index is 6.00. The van der Waals surface area contributed by atoms with Gasteiger partial charge in [0.15, 0.2) is 0 Å². The van der Waals surface area contributed by atoms with Crippen LogP contribution in [0.4, 0.5) is 0 Å². The molecule has 0 bridgehead atoms. The molecule has 2 heterocycles. The van der Waals surface area contributed by atoms with Crippen LogP contribution in [0.5, 0.6) is 0 Å². The van der Waals surface area contributed by atoms with E-state index in [-0.39, 0.29) is 6.04 Å². The first-order valence-corrected chi connectivity index (χ1v) is 7.55. The molecule has 3 heteroatoms. The molecule has 1 N–H and O–H groups in total. The minimum Gasteiger partial charge on any atom is -0.459 e. The third-order valence-corrected chi connectivity index (χ3v) is 4.16. The highest BCUT2D eigenvalue weighted by Crippen LogP contribution is 2.29. The Kier molecular flexibility index (Phi) is 4.08. The van der Waals surface area contributed by atoms with E-state index in [4.69, 9.17) is 9.15 Å². The summed E-state index contributed by atoms with van der Waals surface area (Å²) in [6.45, 7) is 3.01. The summed E-state index contributed by atoms with van der Waals surface area (Å²) in [6, 6.07) is 8.70. The molecule has 0 aliphatic carbocycles. The number of ether oxygens (including phenoxy) is 1. The summed E-state index contributed by atoms with van der Waals surface area (Å²) in [6.07, 6.45) is 4.98. The summed E-state index contributed by atoms with van der Waals surface area (Å²) >= 11 is 0. The van der Waals surface area contributed by atoms with Crippen molar-refractivity contribution in [3.05, 3.63) is 35.6 Å². The van der Waals surface area contributed by atoms with Crippen LogP contribution >= 0.6 is 0 Å². The van der Waals surface area contributed by atoms with Crippen molar-refractivity contribution in [3.8, 4) is 0 Å². The molecule has 20 heavy (non-hydrogen) atoms. The summed E-state index contributed by atoms with van der Waals surface area (Å²) in [5.41, 5.74) is 2.23. The second-order valence-corrected chi connectivity index (χ2v) is 5.76. The molecule has 0 saturated carbocycles. The average Bonchev–Trinajstić information content (AvgIpc) is 2.88. The van der Waals surface area contributed by atoms with Crippen molar-refractivity contribution in [2.24, 2.45) is 0 Å². The smallest absolute Gasteiger partial charge is 0.134 e. The fourth-order valence-corrected chi connectivity index (χ4v) is 2.99. The fraction of sp³-hybridized carbons (Fsp3) is 0.529. The molecular weight excluding hydrogens is 250 g/mol. The normalized spacial score (nSPS) is 21.2. The van der Waals surface area contributed by atoms with E-state index in [0.717, 1.165) is 30.8 Å². The first kappa shape index (κ1) is 13.7.